The largest absolute Gasteiger partial charge is 0.477 e. The molecule has 0 atom stereocenters. The third-order valence-electron chi connectivity index (χ3n) is 2.30. The Balaban J connectivity index is 2.55. The number of nitrogens with one attached hydrogen (secondary N) is 1. The molecule has 1 aromatic carbocycles. The molecule has 0 saturated heterocycles. The van der Waals surface area contributed by atoms with E-state index in [1.165, 1.54) is 6.07 Å². The van der Waals surface area contributed by atoms with E-state index in [-0.39, 0.29) is 5.69 Å². The monoisotopic (exact) mass is 246 g/mol. The van der Waals surface area contributed by atoms with Gasteiger partial charge in [-0.15, -0.1) is 0 Å². The maximum atomic E-state index is 10.8. The molecule has 84 valence electrons. The van der Waals surface area contributed by atoms with E-state index in [1.54, 1.807) is 24.3 Å². The molecule has 0 unspecified atom stereocenters. The highest BCUT2D eigenvalue weighted by molar-refractivity contribution is 6.30. The molecule has 2 rings (SSSR count). The molecule has 0 amide bonds. The summed E-state index contributed by atoms with van der Waals surface area (Å²) < 4.78 is 0. The van der Waals surface area contributed by atoms with Crippen LogP contribution in [0.5, 0.6) is 0 Å². The molecule has 0 aliphatic carbocycles. The molecule has 0 saturated carbocycles. The topological polar surface area (TPSA) is 76.9 Å². The molecule has 0 spiro atoms. The summed E-state index contributed by atoms with van der Waals surface area (Å²) in [7, 11) is 0. The zero-order valence-electron chi connectivity index (χ0n) is 8.57. The quantitative estimate of drug-likeness (QED) is 0.855. The van der Waals surface area contributed by atoms with Gasteiger partial charge in [-0.25, -0.2) is 4.79 Å². The fourth-order valence-electron chi connectivity index (χ4n) is 1.50. The van der Waals surface area contributed by atoms with Crippen LogP contribution in [0.1, 0.15) is 16.1 Å². The molecular formula is C12H7ClN2O2. The van der Waals surface area contributed by atoms with Crippen LogP contribution in [-0.4, -0.2) is 16.1 Å². The van der Waals surface area contributed by atoms with Crippen LogP contribution in [0.25, 0.3) is 11.3 Å². The molecule has 17 heavy (non-hydrogen) atoms. The van der Waals surface area contributed by atoms with Gasteiger partial charge in [0, 0.05) is 5.02 Å². The Morgan fingerprint density at radius 3 is 2.53 bits per heavy atom. The maximum Gasteiger partial charge on any atom is 0.352 e. The lowest BCUT2D eigenvalue weighted by Crippen LogP contribution is -1.95. The summed E-state index contributed by atoms with van der Waals surface area (Å²) >= 11 is 5.76. The van der Waals surface area contributed by atoms with Gasteiger partial charge in [0.1, 0.15) is 11.8 Å². The number of carbonyl (C=O) groups is 1. The number of nitrogens with zero attached hydrogens (tertiary/aromatic N) is 1. The second-order valence-corrected chi connectivity index (χ2v) is 3.83. The van der Waals surface area contributed by atoms with Crippen molar-refractivity contribution >= 4 is 17.6 Å². The Morgan fingerprint density at radius 2 is 2.00 bits per heavy atom. The van der Waals surface area contributed by atoms with Gasteiger partial charge in [0.15, 0.2) is 0 Å². The molecule has 5 heteroatoms. The van der Waals surface area contributed by atoms with Crippen molar-refractivity contribution in [3.8, 4) is 17.3 Å². The van der Waals surface area contributed by atoms with Crippen molar-refractivity contribution in [2.24, 2.45) is 0 Å². The van der Waals surface area contributed by atoms with Crippen molar-refractivity contribution in [1.82, 2.24) is 4.98 Å². The smallest absolute Gasteiger partial charge is 0.352 e. The van der Waals surface area contributed by atoms with Crippen LogP contribution < -0.4 is 0 Å². The number of nitriles is 1. The van der Waals surface area contributed by atoms with E-state index in [4.69, 9.17) is 22.0 Å². The van der Waals surface area contributed by atoms with Crippen molar-refractivity contribution < 1.29 is 9.90 Å². The van der Waals surface area contributed by atoms with Crippen molar-refractivity contribution in [3.05, 3.63) is 46.6 Å². The number of aromatic carboxylic acids is 1. The highest BCUT2D eigenvalue weighted by Gasteiger charge is 2.13. The van der Waals surface area contributed by atoms with Crippen molar-refractivity contribution in [2.45, 2.75) is 0 Å². The number of H-pyrrole nitrogens is 1. The fourth-order valence-corrected chi connectivity index (χ4v) is 1.63. The molecule has 2 N–H and O–H groups in total. The standard InChI is InChI=1S/C12H7ClN2O2/c13-9-3-1-7(2-4-9)11-8(6-14)5-10(15-11)12(16)17/h1-5,15H,(H,16,17). The Kier molecular flexibility index (Phi) is 2.86. The van der Waals surface area contributed by atoms with Gasteiger partial charge in [-0.05, 0) is 23.8 Å². The van der Waals surface area contributed by atoms with Gasteiger partial charge in [0.25, 0.3) is 0 Å². The van der Waals surface area contributed by atoms with E-state index >= 15 is 0 Å². The van der Waals surface area contributed by atoms with Gasteiger partial charge in [-0.3, -0.25) is 0 Å². The predicted octanol–water partition coefficient (Wildman–Crippen LogP) is 2.90. The minimum absolute atomic E-state index is 0.00787. The molecule has 0 radical (unpaired) electrons. The van der Waals surface area contributed by atoms with E-state index in [2.05, 4.69) is 4.98 Å². The lowest BCUT2D eigenvalue weighted by molar-refractivity contribution is 0.0691. The molecule has 0 fully saturated rings. The lowest BCUT2D eigenvalue weighted by atomic mass is 10.1. The fraction of sp³-hybridized carbons (Fsp3) is 0. The third kappa shape index (κ3) is 2.14. The molecule has 0 bridgehead atoms. The average Bonchev–Trinajstić information content (AvgIpc) is 2.74. The third-order valence-corrected chi connectivity index (χ3v) is 2.55. The van der Waals surface area contributed by atoms with Crippen LogP contribution in [0, 0.1) is 11.3 Å². The molecule has 0 aliphatic rings. The number of aromatic amines is 1. The first-order valence-electron chi connectivity index (χ1n) is 4.74. The summed E-state index contributed by atoms with van der Waals surface area (Å²) in [5.41, 5.74) is 1.50. The summed E-state index contributed by atoms with van der Waals surface area (Å²) in [6.07, 6.45) is 0. The highest BCUT2D eigenvalue weighted by atomic mass is 35.5. The van der Waals surface area contributed by atoms with Crippen LogP contribution in [0.4, 0.5) is 0 Å². The van der Waals surface area contributed by atoms with E-state index in [0.717, 1.165) is 5.56 Å². The molecule has 2 aromatic rings. The zero-order valence-corrected chi connectivity index (χ0v) is 9.32. The minimum Gasteiger partial charge on any atom is -0.477 e. The highest BCUT2D eigenvalue weighted by Crippen LogP contribution is 2.24. The van der Waals surface area contributed by atoms with Crippen molar-refractivity contribution in [1.29, 1.82) is 5.26 Å². The van der Waals surface area contributed by atoms with E-state index < -0.39 is 5.97 Å². The number of rotatable bonds is 2. The minimum atomic E-state index is -1.10. The van der Waals surface area contributed by atoms with Gasteiger partial charge in [-0.2, -0.15) is 5.26 Å². The Labute approximate surface area is 102 Å². The second-order valence-electron chi connectivity index (χ2n) is 3.40. The van der Waals surface area contributed by atoms with Crippen LogP contribution in [0.3, 0.4) is 0 Å². The average molecular weight is 247 g/mol. The number of halogens is 1. The van der Waals surface area contributed by atoms with Crippen molar-refractivity contribution in [3.63, 3.8) is 0 Å². The predicted molar refractivity (Wildman–Crippen MR) is 62.9 cm³/mol. The van der Waals surface area contributed by atoms with Gasteiger partial charge in [0.2, 0.25) is 0 Å². The van der Waals surface area contributed by atoms with E-state index in [9.17, 15) is 4.79 Å². The van der Waals surface area contributed by atoms with Gasteiger partial charge in [-0.1, -0.05) is 23.7 Å². The summed E-state index contributed by atoms with van der Waals surface area (Å²) in [4.78, 5) is 13.5. The Bertz CT molecular complexity index is 608. The number of benzene rings is 1. The second kappa shape index (κ2) is 4.32. The normalized spacial score (nSPS) is 9.88. The molecule has 4 nitrogen and oxygen atoms in total. The van der Waals surface area contributed by atoms with E-state index in [1.807, 2.05) is 6.07 Å². The van der Waals surface area contributed by atoms with Gasteiger partial charge < -0.3 is 10.1 Å². The number of carboxylic acid groups (broad SMARTS) is 1. The van der Waals surface area contributed by atoms with Gasteiger partial charge >= 0.3 is 5.97 Å². The summed E-state index contributed by atoms with van der Waals surface area (Å²) in [5.74, 6) is -1.10. The first kappa shape index (κ1) is 11.2. The maximum absolute atomic E-state index is 10.8. The SMILES string of the molecule is N#Cc1cc(C(=O)O)[nH]c1-c1ccc(Cl)cc1. The zero-order chi connectivity index (χ0) is 12.4. The summed E-state index contributed by atoms with van der Waals surface area (Å²) in [6, 6.07) is 10.1. The Morgan fingerprint density at radius 1 is 1.35 bits per heavy atom. The number of aromatic nitrogens is 1. The molecular weight excluding hydrogens is 240 g/mol. The molecule has 1 aromatic heterocycles. The summed E-state index contributed by atoms with van der Waals surface area (Å²) in [6.45, 7) is 0. The van der Waals surface area contributed by atoms with Gasteiger partial charge in [0.05, 0.1) is 11.3 Å². The first-order valence-corrected chi connectivity index (χ1v) is 5.12. The van der Waals surface area contributed by atoms with E-state index in [0.29, 0.717) is 16.3 Å². The number of hydrogen-bond acceptors (Lipinski definition) is 2. The number of hydrogen-bond donors (Lipinski definition) is 2. The number of carboxylic acids is 1. The Hall–Kier alpha value is -2.25. The van der Waals surface area contributed by atoms with Crippen LogP contribution in [-0.2, 0) is 0 Å². The molecule has 1 heterocycles. The van der Waals surface area contributed by atoms with Crippen LogP contribution in [0.2, 0.25) is 5.02 Å². The van der Waals surface area contributed by atoms with Crippen LogP contribution in [0.15, 0.2) is 30.3 Å². The lowest BCUT2D eigenvalue weighted by Gasteiger charge is -1.99. The first-order chi connectivity index (χ1) is 8.11. The molecule has 0 aliphatic heterocycles. The van der Waals surface area contributed by atoms with Crippen LogP contribution >= 0.6 is 11.6 Å². The van der Waals surface area contributed by atoms with Crippen molar-refractivity contribution in [2.75, 3.05) is 0 Å². The summed E-state index contributed by atoms with van der Waals surface area (Å²) in [5, 5.41) is 18.4.